The number of carbonyl (C=O) groups is 5. The summed E-state index contributed by atoms with van der Waals surface area (Å²) in [4.78, 5) is 61.0. The average molecular weight is 606 g/mol. The molecule has 2 rings (SSSR count). The smallest absolute Gasteiger partial charge is 0.339 e. The molecule has 238 valence electrons. The third-order valence-electron chi connectivity index (χ3n) is 6.18. The van der Waals surface area contributed by atoms with Crippen molar-refractivity contribution in [1.29, 1.82) is 0 Å². The standard InChI is InChI=1S/C26H39NO15/c1-7-8-9-10-36-25-17(27-12(2)29)19(18(33)16(11-28)40-25)41-26-23(39-15(5)32)21(38-14(4)31)20(37-13(3)30)22(42-26)24(34)35-6/h7,16-23,25-26,28,33H,1,8-11H2,2-6H3,(H,27,29)/t16-,17-,18-,19-,20+,21+,22+,23-,25-,26-/m1/s1. The lowest BCUT2D eigenvalue weighted by Gasteiger charge is -2.48. The first-order valence-electron chi connectivity index (χ1n) is 13.2. The van der Waals surface area contributed by atoms with Crippen LogP contribution in [0.1, 0.15) is 40.5 Å². The molecule has 3 N–H and O–H groups in total. The molecule has 16 heteroatoms. The second kappa shape index (κ2) is 16.5. The van der Waals surface area contributed by atoms with Gasteiger partial charge >= 0.3 is 23.9 Å². The minimum Gasteiger partial charge on any atom is -0.467 e. The Bertz CT molecular complexity index is 973. The van der Waals surface area contributed by atoms with Crippen LogP contribution < -0.4 is 5.32 Å². The monoisotopic (exact) mass is 605 g/mol. The van der Waals surface area contributed by atoms with Crippen molar-refractivity contribution in [2.24, 2.45) is 0 Å². The van der Waals surface area contributed by atoms with Gasteiger partial charge in [0.25, 0.3) is 0 Å². The number of carbonyl (C=O) groups excluding carboxylic acids is 5. The molecule has 0 spiro atoms. The third kappa shape index (κ3) is 9.43. The van der Waals surface area contributed by atoms with Crippen LogP contribution in [0, 0.1) is 0 Å². The molecule has 16 nitrogen and oxygen atoms in total. The second-order valence-corrected chi connectivity index (χ2v) is 9.52. The molecular weight excluding hydrogens is 566 g/mol. The Morgan fingerprint density at radius 3 is 2.00 bits per heavy atom. The number of nitrogens with one attached hydrogen (secondary N) is 1. The Hall–Kier alpha value is -3.15. The zero-order valence-electron chi connectivity index (χ0n) is 24.1. The highest BCUT2D eigenvalue weighted by atomic mass is 16.8. The summed E-state index contributed by atoms with van der Waals surface area (Å²) in [6.07, 6.45) is -11.3. The van der Waals surface area contributed by atoms with Crippen LogP contribution in [0.25, 0.3) is 0 Å². The van der Waals surface area contributed by atoms with E-state index < -0.39 is 97.7 Å². The van der Waals surface area contributed by atoms with Crippen LogP contribution >= 0.6 is 0 Å². The fraction of sp³-hybridized carbons (Fsp3) is 0.731. The molecule has 0 radical (unpaired) electrons. The molecule has 42 heavy (non-hydrogen) atoms. The maximum atomic E-state index is 12.7. The highest BCUT2D eigenvalue weighted by Gasteiger charge is 2.57. The summed E-state index contributed by atoms with van der Waals surface area (Å²) < 4.78 is 44.0. The molecule has 0 saturated carbocycles. The molecule has 2 heterocycles. The number of unbranched alkanes of at least 4 members (excludes halogenated alkanes) is 1. The van der Waals surface area contributed by atoms with Crippen LogP contribution in [-0.2, 0) is 61.9 Å². The van der Waals surface area contributed by atoms with Crippen LogP contribution in [0.2, 0.25) is 0 Å². The fourth-order valence-corrected chi connectivity index (χ4v) is 4.53. The van der Waals surface area contributed by atoms with E-state index >= 15 is 0 Å². The molecule has 0 bridgehead atoms. The minimum absolute atomic E-state index is 0.146. The van der Waals surface area contributed by atoms with Gasteiger partial charge in [-0.3, -0.25) is 19.2 Å². The summed E-state index contributed by atoms with van der Waals surface area (Å²) in [6.45, 7) is 7.39. The Morgan fingerprint density at radius 2 is 1.48 bits per heavy atom. The summed E-state index contributed by atoms with van der Waals surface area (Å²) in [5.74, 6) is -4.30. The van der Waals surface area contributed by atoms with E-state index in [1.807, 2.05) is 0 Å². The van der Waals surface area contributed by atoms with E-state index in [-0.39, 0.29) is 6.61 Å². The van der Waals surface area contributed by atoms with Crippen molar-refractivity contribution in [3.8, 4) is 0 Å². The van der Waals surface area contributed by atoms with Gasteiger partial charge in [-0.1, -0.05) is 6.08 Å². The Kier molecular flexibility index (Phi) is 13.8. The van der Waals surface area contributed by atoms with Gasteiger partial charge in [-0.25, -0.2) is 4.79 Å². The quantitative estimate of drug-likeness (QED) is 0.0956. The van der Waals surface area contributed by atoms with E-state index in [1.54, 1.807) is 6.08 Å². The highest BCUT2D eigenvalue weighted by molar-refractivity contribution is 5.77. The van der Waals surface area contributed by atoms with Crippen molar-refractivity contribution in [1.82, 2.24) is 5.32 Å². The number of amides is 1. The Labute approximate surface area is 242 Å². The normalized spacial score (nSPS) is 32.6. The number of methoxy groups -OCH3 is 1. The van der Waals surface area contributed by atoms with Gasteiger partial charge < -0.3 is 53.4 Å². The lowest BCUT2D eigenvalue weighted by atomic mass is 9.95. The van der Waals surface area contributed by atoms with Gasteiger partial charge in [0.1, 0.15) is 24.4 Å². The van der Waals surface area contributed by atoms with Crippen molar-refractivity contribution in [3.05, 3.63) is 12.7 Å². The maximum absolute atomic E-state index is 12.7. The van der Waals surface area contributed by atoms with Gasteiger partial charge in [-0.2, -0.15) is 0 Å². The van der Waals surface area contributed by atoms with Gasteiger partial charge in [0.15, 0.2) is 37.0 Å². The lowest BCUT2D eigenvalue weighted by molar-refractivity contribution is -0.342. The molecule has 2 fully saturated rings. The Morgan fingerprint density at radius 1 is 0.881 bits per heavy atom. The molecule has 2 aliphatic rings. The van der Waals surface area contributed by atoms with Crippen LogP contribution in [0.15, 0.2) is 12.7 Å². The molecule has 2 aliphatic heterocycles. The van der Waals surface area contributed by atoms with Crippen molar-refractivity contribution in [3.63, 3.8) is 0 Å². The number of ether oxygens (including phenoxy) is 8. The van der Waals surface area contributed by atoms with E-state index in [1.165, 1.54) is 6.92 Å². The molecule has 0 aromatic rings. The first kappa shape index (κ1) is 35.0. The minimum atomic E-state index is -1.79. The van der Waals surface area contributed by atoms with Gasteiger partial charge in [-0.05, 0) is 12.8 Å². The zero-order chi connectivity index (χ0) is 31.6. The number of aliphatic hydroxyl groups is 2. The van der Waals surface area contributed by atoms with E-state index in [0.717, 1.165) is 27.9 Å². The highest BCUT2D eigenvalue weighted by Crippen LogP contribution is 2.34. The summed E-state index contributed by atoms with van der Waals surface area (Å²) in [7, 11) is 1.03. The SMILES string of the molecule is C=CCCCO[C@@H]1O[C@H](CO)[C@@H](O)[C@H](O[C@@H]2O[C@H](C(=O)OC)[C@@H](OC(C)=O)[C@H](OC(C)=O)[C@H]2OC(C)=O)[C@H]1NC(C)=O. The zero-order valence-corrected chi connectivity index (χ0v) is 24.1. The van der Waals surface area contributed by atoms with E-state index in [9.17, 15) is 34.2 Å². The van der Waals surface area contributed by atoms with Gasteiger partial charge in [0.2, 0.25) is 5.91 Å². The summed E-state index contributed by atoms with van der Waals surface area (Å²) in [5.41, 5.74) is 0. The average Bonchev–Trinajstić information content (AvgIpc) is 2.90. The molecule has 0 aromatic carbocycles. The molecule has 1 amide bonds. The number of aliphatic hydroxyl groups excluding tert-OH is 2. The predicted octanol–water partition coefficient (Wildman–Crippen LogP) is -1.37. The van der Waals surface area contributed by atoms with E-state index in [2.05, 4.69) is 11.9 Å². The molecule has 0 unspecified atom stereocenters. The Balaban J connectivity index is 2.57. The molecule has 2 saturated heterocycles. The molecular formula is C26H39NO15. The summed E-state index contributed by atoms with van der Waals surface area (Å²) >= 11 is 0. The van der Waals surface area contributed by atoms with Crippen LogP contribution in [0.4, 0.5) is 0 Å². The molecule has 0 aliphatic carbocycles. The number of allylic oxidation sites excluding steroid dienone is 1. The molecule has 0 aromatic heterocycles. The van der Waals surface area contributed by atoms with Crippen LogP contribution in [0.3, 0.4) is 0 Å². The van der Waals surface area contributed by atoms with E-state index in [4.69, 9.17) is 37.9 Å². The number of rotatable bonds is 13. The van der Waals surface area contributed by atoms with Crippen molar-refractivity contribution in [2.75, 3.05) is 20.3 Å². The lowest BCUT2D eigenvalue weighted by Crippen LogP contribution is -2.69. The summed E-state index contributed by atoms with van der Waals surface area (Å²) in [5, 5.41) is 23.6. The van der Waals surface area contributed by atoms with E-state index in [0.29, 0.717) is 12.8 Å². The first-order valence-corrected chi connectivity index (χ1v) is 13.2. The number of esters is 4. The van der Waals surface area contributed by atoms with Crippen molar-refractivity contribution < 1.29 is 72.1 Å². The first-order chi connectivity index (χ1) is 19.8. The summed E-state index contributed by atoms with van der Waals surface area (Å²) in [6, 6.07) is -1.22. The largest absolute Gasteiger partial charge is 0.467 e. The predicted molar refractivity (Wildman–Crippen MR) is 137 cm³/mol. The van der Waals surface area contributed by atoms with Gasteiger partial charge in [0, 0.05) is 27.7 Å². The topological polar surface area (TPSA) is 212 Å². The van der Waals surface area contributed by atoms with Gasteiger partial charge in [-0.15, -0.1) is 6.58 Å². The molecule has 10 atom stereocenters. The maximum Gasteiger partial charge on any atom is 0.339 e. The van der Waals surface area contributed by atoms with Crippen molar-refractivity contribution in [2.45, 2.75) is 102 Å². The van der Waals surface area contributed by atoms with Crippen LogP contribution in [-0.4, -0.2) is 122 Å². The van der Waals surface area contributed by atoms with Crippen LogP contribution in [0.5, 0.6) is 0 Å². The number of hydrogen-bond acceptors (Lipinski definition) is 15. The fourth-order valence-electron chi connectivity index (χ4n) is 4.53. The van der Waals surface area contributed by atoms with Crippen molar-refractivity contribution >= 4 is 29.8 Å². The van der Waals surface area contributed by atoms with Gasteiger partial charge in [0.05, 0.1) is 20.3 Å². The number of hydrogen-bond donors (Lipinski definition) is 3. The second-order valence-electron chi connectivity index (χ2n) is 9.52. The third-order valence-corrected chi connectivity index (χ3v) is 6.18.